The molecule has 1 atom stereocenters. The topological polar surface area (TPSA) is 68.0 Å². The van der Waals surface area contributed by atoms with E-state index in [1.54, 1.807) is 18.0 Å². The van der Waals surface area contributed by atoms with Crippen LogP contribution in [0, 0.1) is 0 Å². The van der Waals surface area contributed by atoms with Crippen LogP contribution < -0.4 is 11.1 Å². The fourth-order valence-corrected chi connectivity index (χ4v) is 2.30. The molecule has 0 fully saturated rings. The van der Waals surface area contributed by atoms with Crippen LogP contribution in [0.4, 0.5) is 5.69 Å². The molecule has 0 aliphatic carbocycles. The Morgan fingerprint density at radius 2 is 2.21 bits per heavy atom. The summed E-state index contributed by atoms with van der Waals surface area (Å²) in [6.07, 6.45) is 4.39. The van der Waals surface area contributed by atoms with E-state index < -0.39 is 6.04 Å². The minimum absolute atomic E-state index is 0.160. The van der Waals surface area contributed by atoms with Crippen molar-refractivity contribution in [3.05, 3.63) is 36.5 Å². The lowest BCUT2D eigenvalue weighted by molar-refractivity contribution is -0.117. The van der Waals surface area contributed by atoms with Crippen molar-refractivity contribution in [3.63, 3.8) is 0 Å². The van der Waals surface area contributed by atoms with E-state index in [0.29, 0.717) is 12.1 Å². The zero-order valence-corrected chi connectivity index (χ0v) is 11.6. The normalized spacial score (nSPS) is 12.3. The van der Waals surface area contributed by atoms with E-state index in [4.69, 9.17) is 5.73 Å². The molecule has 3 N–H and O–H groups in total. The zero-order chi connectivity index (χ0) is 13.7. The van der Waals surface area contributed by atoms with E-state index in [-0.39, 0.29) is 5.91 Å². The first kappa shape index (κ1) is 13.8. The fourth-order valence-electron chi connectivity index (χ4n) is 1.81. The molecule has 1 aromatic heterocycles. The molecule has 0 aliphatic rings. The number of hydrogen-bond donors (Lipinski definition) is 2. The van der Waals surface area contributed by atoms with Crippen LogP contribution >= 0.6 is 11.8 Å². The Bertz CT molecular complexity index is 568. The third-order valence-corrected chi connectivity index (χ3v) is 3.50. The number of fused-ring (bicyclic) bond motifs is 1. The van der Waals surface area contributed by atoms with Crippen molar-refractivity contribution in [1.29, 1.82) is 0 Å². The molecule has 0 saturated heterocycles. The van der Waals surface area contributed by atoms with Crippen LogP contribution in [-0.2, 0) is 4.79 Å². The monoisotopic (exact) mass is 275 g/mol. The molecule has 1 amide bonds. The molecule has 100 valence electrons. The molecule has 0 saturated carbocycles. The highest BCUT2D eigenvalue weighted by Gasteiger charge is 2.14. The van der Waals surface area contributed by atoms with Gasteiger partial charge in [-0.15, -0.1) is 0 Å². The van der Waals surface area contributed by atoms with E-state index >= 15 is 0 Å². The summed E-state index contributed by atoms with van der Waals surface area (Å²) in [5.41, 5.74) is 7.35. The van der Waals surface area contributed by atoms with Gasteiger partial charge in [0.2, 0.25) is 5.91 Å². The largest absolute Gasteiger partial charge is 0.323 e. The SMILES string of the molecule is CSCCC(N)C(=O)Nc1cccc2cccnc12. The summed E-state index contributed by atoms with van der Waals surface area (Å²) in [7, 11) is 0. The molecule has 0 bridgehead atoms. The summed E-state index contributed by atoms with van der Waals surface area (Å²) < 4.78 is 0. The lowest BCUT2D eigenvalue weighted by Crippen LogP contribution is -2.36. The van der Waals surface area contributed by atoms with Crippen LogP contribution in [0.5, 0.6) is 0 Å². The molecule has 2 rings (SSSR count). The van der Waals surface area contributed by atoms with Crippen molar-refractivity contribution in [1.82, 2.24) is 4.98 Å². The summed E-state index contributed by atoms with van der Waals surface area (Å²) in [5.74, 6) is 0.717. The number of thioether (sulfide) groups is 1. The number of aromatic nitrogens is 1. The van der Waals surface area contributed by atoms with E-state index in [0.717, 1.165) is 16.7 Å². The number of benzene rings is 1. The van der Waals surface area contributed by atoms with E-state index in [1.165, 1.54) is 0 Å². The standard InChI is InChI=1S/C14H17N3OS/c1-19-9-7-11(15)14(18)17-12-6-2-4-10-5-3-8-16-13(10)12/h2-6,8,11H,7,9,15H2,1H3,(H,17,18). The molecule has 0 radical (unpaired) electrons. The number of para-hydroxylation sites is 1. The Balaban J connectivity index is 2.15. The summed E-state index contributed by atoms with van der Waals surface area (Å²) in [6.45, 7) is 0. The number of hydrogen-bond acceptors (Lipinski definition) is 4. The summed E-state index contributed by atoms with van der Waals surface area (Å²) in [6, 6.07) is 9.06. The quantitative estimate of drug-likeness (QED) is 0.878. The maximum absolute atomic E-state index is 12.0. The molecular formula is C14H17N3OS. The maximum atomic E-state index is 12.0. The second-order valence-electron chi connectivity index (χ2n) is 4.26. The van der Waals surface area contributed by atoms with Crippen molar-refractivity contribution < 1.29 is 4.79 Å². The van der Waals surface area contributed by atoms with Crippen LogP contribution in [0.3, 0.4) is 0 Å². The van der Waals surface area contributed by atoms with E-state index in [9.17, 15) is 4.79 Å². The summed E-state index contributed by atoms with van der Waals surface area (Å²) in [4.78, 5) is 16.3. The first-order valence-corrected chi connectivity index (χ1v) is 7.51. The fraction of sp³-hybridized carbons (Fsp3) is 0.286. The number of nitrogens with one attached hydrogen (secondary N) is 1. The predicted molar refractivity (Wildman–Crippen MR) is 81.3 cm³/mol. The van der Waals surface area contributed by atoms with Crippen molar-refractivity contribution in [3.8, 4) is 0 Å². The highest BCUT2D eigenvalue weighted by atomic mass is 32.2. The maximum Gasteiger partial charge on any atom is 0.241 e. The number of rotatable bonds is 5. The highest BCUT2D eigenvalue weighted by molar-refractivity contribution is 7.98. The van der Waals surface area contributed by atoms with Crippen LogP contribution in [-0.4, -0.2) is 28.9 Å². The number of amides is 1. The van der Waals surface area contributed by atoms with Crippen LogP contribution in [0.1, 0.15) is 6.42 Å². The van der Waals surface area contributed by atoms with Gasteiger partial charge >= 0.3 is 0 Å². The molecule has 0 spiro atoms. The zero-order valence-electron chi connectivity index (χ0n) is 10.8. The molecule has 1 aromatic carbocycles. The molecule has 0 aliphatic heterocycles. The Kier molecular flexibility index (Phi) is 4.76. The van der Waals surface area contributed by atoms with Crippen molar-refractivity contribution in [2.75, 3.05) is 17.3 Å². The number of nitrogens with zero attached hydrogens (tertiary/aromatic N) is 1. The molecular weight excluding hydrogens is 258 g/mol. The lowest BCUT2D eigenvalue weighted by Gasteiger charge is -2.12. The van der Waals surface area contributed by atoms with E-state index in [1.807, 2.05) is 36.6 Å². The molecule has 2 aromatic rings. The minimum Gasteiger partial charge on any atom is -0.323 e. The Morgan fingerprint density at radius 1 is 1.42 bits per heavy atom. The van der Waals surface area contributed by atoms with Gasteiger partial charge in [0, 0.05) is 11.6 Å². The van der Waals surface area contributed by atoms with Gasteiger partial charge in [-0.25, -0.2) is 0 Å². The first-order chi connectivity index (χ1) is 9.22. The van der Waals surface area contributed by atoms with Crippen LogP contribution in [0.15, 0.2) is 36.5 Å². The van der Waals surface area contributed by atoms with Crippen molar-refractivity contribution in [2.45, 2.75) is 12.5 Å². The average Bonchev–Trinajstić information content (AvgIpc) is 2.45. The van der Waals surface area contributed by atoms with Gasteiger partial charge in [-0.2, -0.15) is 11.8 Å². The van der Waals surface area contributed by atoms with Gasteiger partial charge in [0.15, 0.2) is 0 Å². The van der Waals surface area contributed by atoms with Crippen molar-refractivity contribution in [2.24, 2.45) is 5.73 Å². The molecule has 1 unspecified atom stereocenters. The number of anilines is 1. The minimum atomic E-state index is -0.480. The van der Waals surface area contributed by atoms with Gasteiger partial charge < -0.3 is 11.1 Å². The second-order valence-corrected chi connectivity index (χ2v) is 5.24. The third kappa shape index (κ3) is 3.45. The molecule has 4 nitrogen and oxygen atoms in total. The van der Waals surface area contributed by atoms with Crippen LogP contribution in [0.2, 0.25) is 0 Å². The number of carbonyl (C=O) groups is 1. The number of carbonyl (C=O) groups excluding carboxylic acids is 1. The molecule has 19 heavy (non-hydrogen) atoms. The summed E-state index contributed by atoms with van der Waals surface area (Å²) in [5, 5.41) is 3.86. The van der Waals surface area contributed by atoms with Gasteiger partial charge in [-0.1, -0.05) is 18.2 Å². The Labute approximate surface area is 116 Å². The van der Waals surface area contributed by atoms with Crippen molar-refractivity contribution >= 4 is 34.3 Å². The smallest absolute Gasteiger partial charge is 0.241 e. The van der Waals surface area contributed by atoms with Gasteiger partial charge in [0.05, 0.1) is 17.2 Å². The highest BCUT2D eigenvalue weighted by Crippen LogP contribution is 2.20. The van der Waals surface area contributed by atoms with Gasteiger partial charge in [0.25, 0.3) is 0 Å². The number of nitrogens with two attached hydrogens (primary N) is 1. The Morgan fingerprint density at radius 3 is 3.00 bits per heavy atom. The summed E-state index contributed by atoms with van der Waals surface area (Å²) >= 11 is 1.68. The number of pyridine rings is 1. The first-order valence-electron chi connectivity index (χ1n) is 6.11. The second kappa shape index (κ2) is 6.54. The third-order valence-electron chi connectivity index (χ3n) is 2.86. The Hall–Kier alpha value is -1.59. The lowest BCUT2D eigenvalue weighted by atomic mass is 10.1. The van der Waals surface area contributed by atoms with Gasteiger partial charge in [-0.3, -0.25) is 9.78 Å². The average molecular weight is 275 g/mol. The van der Waals surface area contributed by atoms with Crippen LogP contribution in [0.25, 0.3) is 10.9 Å². The molecule has 1 heterocycles. The van der Waals surface area contributed by atoms with Gasteiger partial charge in [0.1, 0.15) is 0 Å². The molecule has 5 heteroatoms. The predicted octanol–water partition coefficient (Wildman–Crippen LogP) is 2.25. The van der Waals surface area contributed by atoms with E-state index in [2.05, 4.69) is 10.3 Å². The van der Waals surface area contributed by atoms with Gasteiger partial charge in [-0.05, 0) is 30.6 Å².